The van der Waals surface area contributed by atoms with Crippen molar-refractivity contribution in [2.24, 2.45) is 0 Å². The maximum Gasteiger partial charge on any atom is 0.234 e. The Kier molecular flexibility index (Phi) is 3.93. The summed E-state index contributed by atoms with van der Waals surface area (Å²) in [6.07, 6.45) is 0. The molecule has 60 valence electrons. The first-order valence-electron chi connectivity index (χ1n) is 2.77. The number of halogens is 1. The van der Waals surface area contributed by atoms with E-state index in [0.29, 0.717) is 0 Å². The van der Waals surface area contributed by atoms with Crippen molar-refractivity contribution in [2.75, 3.05) is 0 Å². The van der Waals surface area contributed by atoms with Crippen molar-refractivity contribution in [1.29, 1.82) is 0 Å². The van der Waals surface area contributed by atoms with Crippen molar-refractivity contribution in [2.45, 2.75) is 19.9 Å². The number of hydrogen-bond donors (Lipinski definition) is 1. The summed E-state index contributed by atoms with van der Waals surface area (Å²) in [4.78, 5) is 0. The molecule has 0 spiro atoms. The standard InChI is InChI=1S/C5H10ClNO2S/c1-5(2)7-10(8,9)4-3-6/h3-5,7H,1-2H3/b4-3+. The third-order valence-electron chi connectivity index (χ3n) is 0.631. The molecule has 0 aromatic rings. The zero-order chi connectivity index (χ0) is 8.20. The Labute approximate surface area is 66.1 Å². The van der Waals surface area contributed by atoms with Gasteiger partial charge in [0.25, 0.3) is 0 Å². The fourth-order valence-electron chi connectivity index (χ4n) is 0.436. The van der Waals surface area contributed by atoms with Gasteiger partial charge in [-0.15, -0.1) is 0 Å². The highest BCUT2D eigenvalue weighted by molar-refractivity contribution is 7.92. The van der Waals surface area contributed by atoms with Crippen LogP contribution in [0.5, 0.6) is 0 Å². The van der Waals surface area contributed by atoms with E-state index in [-0.39, 0.29) is 6.04 Å². The van der Waals surface area contributed by atoms with Crippen LogP contribution in [0.2, 0.25) is 0 Å². The van der Waals surface area contributed by atoms with E-state index in [0.717, 1.165) is 10.9 Å². The van der Waals surface area contributed by atoms with Crippen LogP contribution in [0.3, 0.4) is 0 Å². The van der Waals surface area contributed by atoms with E-state index in [1.807, 2.05) is 0 Å². The number of nitrogens with one attached hydrogen (secondary N) is 1. The second kappa shape index (κ2) is 3.95. The van der Waals surface area contributed by atoms with E-state index in [1.165, 1.54) is 0 Å². The van der Waals surface area contributed by atoms with E-state index >= 15 is 0 Å². The van der Waals surface area contributed by atoms with Crippen LogP contribution in [0.4, 0.5) is 0 Å². The Balaban J connectivity index is 4.16. The third-order valence-corrected chi connectivity index (χ3v) is 2.20. The molecular weight excluding hydrogens is 174 g/mol. The topological polar surface area (TPSA) is 46.2 Å². The molecule has 3 nitrogen and oxygen atoms in total. The van der Waals surface area contributed by atoms with Gasteiger partial charge in [0.15, 0.2) is 0 Å². The van der Waals surface area contributed by atoms with E-state index in [4.69, 9.17) is 11.6 Å². The van der Waals surface area contributed by atoms with Gasteiger partial charge in [-0.2, -0.15) is 0 Å². The molecule has 0 bridgehead atoms. The van der Waals surface area contributed by atoms with E-state index < -0.39 is 10.0 Å². The minimum absolute atomic E-state index is 0.0992. The molecule has 0 aliphatic carbocycles. The average molecular weight is 184 g/mol. The van der Waals surface area contributed by atoms with Gasteiger partial charge in [0.2, 0.25) is 10.0 Å². The summed E-state index contributed by atoms with van der Waals surface area (Å²) in [6.45, 7) is 3.47. The maximum absolute atomic E-state index is 10.8. The molecule has 5 heteroatoms. The first-order valence-corrected chi connectivity index (χ1v) is 4.75. The Morgan fingerprint density at radius 1 is 1.50 bits per heavy atom. The van der Waals surface area contributed by atoms with Crippen LogP contribution in [-0.2, 0) is 10.0 Å². The summed E-state index contributed by atoms with van der Waals surface area (Å²) < 4.78 is 23.8. The molecule has 0 unspecified atom stereocenters. The molecule has 0 aromatic carbocycles. The molecule has 0 aromatic heterocycles. The van der Waals surface area contributed by atoms with Gasteiger partial charge in [-0.25, -0.2) is 13.1 Å². The van der Waals surface area contributed by atoms with Crippen LogP contribution < -0.4 is 4.72 Å². The molecule has 0 aliphatic heterocycles. The second-order valence-electron chi connectivity index (χ2n) is 2.08. The van der Waals surface area contributed by atoms with Gasteiger partial charge in [0.1, 0.15) is 0 Å². The molecule has 10 heavy (non-hydrogen) atoms. The van der Waals surface area contributed by atoms with Crippen molar-refractivity contribution >= 4 is 21.6 Å². The van der Waals surface area contributed by atoms with Gasteiger partial charge in [-0.1, -0.05) is 11.6 Å². The normalized spacial score (nSPS) is 13.2. The Hall–Kier alpha value is -0.0600. The first-order chi connectivity index (χ1) is 4.48. The molecule has 0 fully saturated rings. The molecule has 0 atom stereocenters. The predicted octanol–water partition coefficient (Wildman–Crippen LogP) is 1.02. The third kappa shape index (κ3) is 4.78. The van der Waals surface area contributed by atoms with E-state index in [1.54, 1.807) is 13.8 Å². The number of rotatable bonds is 3. The van der Waals surface area contributed by atoms with Crippen molar-refractivity contribution in [3.63, 3.8) is 0 Å². The zero-order valence-electron chi connectivity index (χ0n) is 5.83. The van der Waals surface area contributed by atoms with Crippen molar-refractivity contribution in [3.05, 3.63) is 10.9 Å². The lowest BCUT2D eigenvalue weighted by atomic mass is 10.4. The monoisotopic (exact) mass is 183 g/mol. The number of sulfonamides is 1. The quantitative estimate of drug-likeness (QED) is 0.711. The molecule has 0 amide bonds. The zero-order valence-corrected chi connectivity index (χ0v) is 7.41. The van der Waals surface area contributed by atoms with Crippen LogP contribution in [-0.4, -0.2) is 14.5 Å². The van der Waals surface area contributed by atoms with Gasteiger partial charge in [0.05, 0.1) is 5.41 Å². The van der Waals surface area contributed by atoms with Crippen LogP contribution in [0.15, 0.2) is 10.9 Å². The fourth-order valence-corrected chi connectivity index (χ4v) is 1.71. The summed E-state index contributed by atoms with van der Waals surface area (Å²) >= 11 is 5.07. The highest BCUT2D eigenvalue weighted by atomic mass is 35.5. The summed E-state index contributed by atoms with van der Waals surface area (Å²) in [5.41, 5.74) is 0.963. The molecule has 0 radical (unpaired) electrons. The Morgan fingerprint density at radius 3 is 2.30 bits per heavy atom. The highest BCUT2D eigenvalue weighted by Gasteiger charge is 2.05. The van der Waals surface area contributed by atoms with Crippen molar-refractivity contribution in [1.82, 2.24) is 4.72 Å². The molecule has 0 aliphatic rings. The van der Waals surface area contributed by atoms with Gasteiger partial charge in [0, 0.05) is 11.6 Å². The minimum atomic E-state index is -3.29. The SMILES string of the molecule is CC(C)NS(=O)(=O)/C=C/Cl. The van der Waals surface area contributed by atoms with Crippen molar-refractivity contribution < 1.29 is 8.42 Å². The number of hydrogen-bond acceptors (Lipinski definition) is 2. The Bertz CT molecular complexity index is 208. The lowest BCUT2D eigenvalue weighted by molar-refractivity contribution is 0.579. The smallest absolute Gasteiger partial charge is 0.209 e. The summed E-state index contributed by atoms with van der Waals surface area (Å²) in [6, 6.07) is -0.0992. The molecule has 0 saturated carbocycles. The predicted molar refractivity (Wildman–Crippen MR) is 42.2 cm³/mol. The lowest BCUT2D eigenvalue weighted by Gasteiger charge is -2.03. The second-order valence-corrected chi connectivity index (χ2v) is 3.93. The molecular formula is C5H10ClNO2S. The first kappa shape index (κ1) is 9.94. The minimum Gasteiger partial charge on any atom is -0.209 e. The van der Waals surface area contributed by atoms with Gasteiger partial charge < -0.3 is 0 Å². The average Bonchev–Trinajstić information content (AvgIpc) is 1.59. The molecule has 0 heterocycles. The fraction of sp³-hybridized carbons (Fsp3) is 0.600. The highest BCUT2D eigenvalue weighted by Crippen LogP contribution is 1.91. The van der Waals surface area contributed by atoms with Crippen LogP contribution in [0.1, 0.15) is 13.8 Å². The van der Waals surface area contributed by atoms with Gasteiger partial charge >= 0.3 is 0 Å². The van der Waals surface area contributed by atoms with Crippen LogP contribution >= 0.6 is 11.6 Å². The van der Waals surface area contributed by atoms with Crippen LogP contribution in [0.25, 0.3) is 0 Å². The summed E-state index contributed by atoms with van der Waals surface area (Å²) in [7, 11) is -3.29. The Morgan fingerprint density at radius 2 is 2.00 bits per heavy atom. The van der Waals surface area contributed by atoms with Crippen LogP contribution in [0, 0.1) is 0 Å². The maximum atomic E-state index is 10.8. The van der Waals surface area contributed by atoms with Crippen molar-refractivity contribution in [3.8, 4) is 0 Å². The van der Waals surface area contributed by atoms with Gasteiger partial charge in [-0.3, -0.25) is 0 Å². The summed E-state index contributed by atoms with van der Waals surface area (Å²) in [5.74, 6) is 0. The molecule has 0 saturated heterocycles. The molecule has 0 rings (SSSR count). The molecule has 1 N–H and O–H groups in total. The van der Waals surface area contributed by atoms with E-state index in [9.17, 15) is 8.42 Å². The largest absolute Gasteiger partial charge is 0.234 e. The van der Waals surface area contributed by atoms with Gasteiger partial charge in [-0.05, 0) is 13.8 Å². The summed E-state index contributed by atoms with van der Waals surface area (Å²) in [5, 5.41) is 0.911. The van der Waals surface area contributed by atoms with E-state index in [2.05, 4.69) is 4.72 Å². The lowest BCUT2D eigenvalue weighted by Crippen LogP contribution is -2.28.